The molecule has 0 aromatic heterocycles. The van der Waals surface area contributed by atoms with Crippen molar-refractivity contribution in [2.45, 2.75) is 20.0 Å². The van der Waals surface area contributed by atoms with Gasteiger partial charge in [-0.05, 0) is 25.5 Å². The molecule has 1 aromatic rings. The van der Waals surface area contributed by atoms with Crippen LogP contribution in [0.2, 0.25) is 0 Å². The molecule has 1 atom stereocenters. The number of para-hydroxylation sites is 1. The largest absolute Gasteiger partial charge is 0.474 e. The SMILES string of the molecule is Cc1cccc(OC(C)C#N)c1N. The van der Waals surface area contributed by atoms with Gasteiger partial charge in [0.2, 0.25) is 0 Å². The quantitative estimate of drug-likeness (QED) is 0.700. The van der Waals surface area contributed by atoms with Crippen LogP contribution in [0.1, 0.15) is 12.5 Å². The highest BCUT2D eigenvalue weighted by Gasteiger charge is 2.05. The van der Waals surface area contributed by atoms with Crippen molar-refractivity contribution in [3.8, 4) is 11.8 Å². The third kappa shape index (κ3) is 2.12. The summed E-state index contributed by atoms with van der Waals surface area (Å²) >= 11 is 0. The number of nitrogens with zero attached hydrogens (tertiary/aromatic N) is 1. The maximum atomic E-state index is 8.54. The van der Waals surface area contributed by atoms with Crippen LogP contribution < -0.4 is 10.5 Å². The number of nitrogens with two attached hydrogens (primary N) is 1. The van der Waals surface area contributed by atoms with Crippen molar-refractivity contribution >= 4 is 5.69 Å². The predicted octanol–water partition coefficient (Wildman–Crippen LogP) is 1.87. The van der Waals surface area contributed by atoms with E-state index in [4.69, 9.17) is 15.7 Å². The van der Waals surface area contributed by atoms with Crippen molar-refractivity contribution in [2.75, 3.05) is 5.73 Å². The van der Waals surface area contributed by atoms with Gasteiger partial charge in [-0.1, -0.05) is 12.1 Å². The number of hydrogen-bond donors (Lipinski definition) is 1. The average Bonchev–Trinajstić information content (AvgIpc) is 2.13. The van der Waals surface area contributed by atoms with Gasteiger partial charge in [0.15, 0.2) is 6.10 Å². The van der Waals surface area contributed by atoms with E-state index in [-0.39, 0.29) is 0 Å². The van der Waals surface area contributed by atoms with Gasteiger partial charge in [-0.15, -0.1) is 0 Å². The van der Waals surface area contributed by atoms with Gasteiger partial charge in [0, 0.05) is 0 Å². The first-order chi connectivity index (χ1) is 6.15. The molecule has 0 fully saturated rings. The minimum Gasteiger partial charge on any atom is -0.474 e. The van der Waals surface area contributed by atoms with Gasteiger partial charge >= 0.3 is 0 Å². The molecule has 0 saturated heterocycles. The number of ether oxygens (including phenoxy) is 1. The molecular weight excluding hydrogens is 164 g/mol. The molecule has 0 bridgehead atoms. The van der Waals surface area contributed by atoms with Crippen LogP contribution in [0.15, 0.2) is 18.2 Å². The van der Waals surface area contributed by atoms with Gasteiger partial charge in [-0.3, -0.25) is 0 Å². The molecule has 3 nitrogen and oxygen atoms in total. The lowest BCUT2D eigenvalue weighted by Crippen LogP contribution is -2.09. The molecule has 68 valence electrons. The summed E-state index contributed by atoms with van der Waals surface area (Å²) in [6.45, 7) is 3.58. The van der Waals surface area contributed by atoms with E-state index in [0.717, 1.165) is 5.56 Å². The van der Waals surface area contributed by atoms with Gasteiger partial charge < -0.3 is 10.5 Å². The fourth-order valence-corrected chi connectivity index (χ4v) is 0.973. The monoisotopic (exact) mass is 176 g/mol. The molecule has 3 heteroatoms. The number of nitrogen functional groups attached to an aromatic ring is 1. The second-order valence-corrected chi connectivity index (χ2v) is 2.88. The van der Waals surface area contributed by atoms with Crippen LogP contribution in [0.25, 0.3) is 0 Å². The summed E-state index contributed by atoms with van der Waals surface area (Å²) in [6, 6.07) is 7.50. The van der Waals surface area contributed by atoms with E-state index in [1.54, 1.807) is 13.0 Å². The fraction of sp³-hybridized carbons (Fsp3) is 0.300. The van der Waals surface area contributed by atoms with Crippen LogP contribution >= 0.6 is 0 Å². The van der Waals surface area contributed by atoms with Crippen molar-refractivity contribution in [3.63, 3.8) is 0 Å². The first-order valence-corrected chi connectivity index (χ1v) is 4.06. The molecule has 0 radical (unpaired) electrons. The highest BCUT2D eigenvalue weighted by molar-refractivity contribution is 5.57. The molecular formula is C10H12N2O. The third-order valence-corrected chi connectivity index (χ3v) is 1.77. The maximum absolute atomic E-state index is 8.54. The summed E-state index contributed by atoms with van der Waals surface area (Å²) in [5.41, 5.74) is 7.31. The second kappa shape index (κ2) is 3.81. The maximum Gasteiger partial charge on any atom is 0.181 e. The highest BCUT2D eigenvalue weighted by atomic mass is 16.5. The van der Waals surface area contributed by atoms with Crippen LogP contribution in [-0.2, 0) is 0 Å². The number of nitriles is 1. The van der Waals surface area contributed by atoms with Crippen LogP contribution in [0.4, 0.5) is 5.69 Å². The third-order valence-electron chi connectivity index (χ3n) is 1.77. The number of hydrogen-bond acceptors (Lipinski definition) is 3. The Labute approximate surface area is 77.7 Å². The van der Waals surface area contributed by atoms with Gasteiger partial charge in [0.1, 0.15) is 11.8 Å². The number of aryl methyl sites for hydroxylation is 1. The Morgan fingerprint density at radius 2 is 2.23 bits per heavy atom. The minimum atomic E-state index is -0.468. The fourth-order valence-electron chi connectivity index (χ4n) is 0.973. The van der Waals surface area contributed by atoms with E-state index in [1.165, 1.54) is 0 Å². The zero-order valence-corrected chi connectivity index (χ0v) is 7.74. The van der Waals surface area contributed by atoms with Crippen molar-refractivity contribution in [1.29, 1.82) is 5.26 Å². The van der Waals surface area contributed by atoms with Gasteiger partial charge in [0.25, 0.3) is 0 Å². The van der Waals surface area contributed by atoms with Crippen molar-refractivity contribution in [2.24, 2.45) is 0 Å². The minimum absolute atomic E-state index is 0.468. The van der Waals surface area contributed by atoms with Crippen LogP contribution in [-0.4, -0.2) is 6.10 Å². The van der Waals surface area contributed by atoms with E-state index in [2.05, 4.69) is 0 Å². The number of benzene rings is 1. The lowest BCUT2D eigenvalue weighted by Gasteiger charge is -2.11. The zero-order valence-electron chi connectivity index (χ0n) is 7.74. The summed E-state index contributed by atoms with van der Waals surface area (Å²) in [5.74, 6) is 0.578. The first-order valence-electron chi connectivity index (χ1n) is 4.06. The summed E-state index contributed by atoms with van der Waals surface area (Å²) in [6.07, 6.45) is -0.468. The topological polar surface area (TPSA) is 59.0 Å². The molecule has 0 aliphatic heterocycles. The molecule has 2 N–H and O–H groups in total. The predicted molar refractivity (Wildman–Crippen MR) is 51.3 cm³/mol. The van der Waals surface area contributed by atoms with Crippen LogP contribution in [0.5, 0.6) is 5.75 Å². The van der Waals surface area contributed by atoms with Crippen molar-refractivity contribution in [3.05, 3.63) is 23.8 Å². The summed E-state index contributed by atoms with van der Waals surface area (Å²) in [4.78, 5) is 0. The Bertz CT molecular complexity index is 341. The van der Waals surface area contributed by atoms with E-state index in [0.29, 0.717) is 11.4 Å². The van der Waals surface area contributed by atoms with Crippen LogP contribution in [0, 0.1) is 18.3 Å². The normalized spacial score (nSPS) is 11.8. The Kier molecular flexibility index (Phi) is 2.76. The van der Waals surface area contributed by atoms with E-state index >= 15 is 0 Å². The van der Waals surface area contributed by atoms with E-state index in [1.807, 2.05) is 25.1 Å². The summed E-state index contributed by atoms with van der Waals surface area (Å²) in [7, 11) is 0. The Balaban J connectivity index is 2.90. The first kappa shape index (κ1) is 9.40. The van der Waals surface area contributed by atoms with Gasteiger partial charge in [0.05, 0.1) is 5.69 Å². The highest BCUT2D eigenvalue weighted by Crippen LogP contribution is 2.24. The Morgan fingerprint density at radius 3 is 2.85 bits per heavy atom. The lowest BCUT2D eigenvalue weighted by molar-refractivity contribution is 0.278. The Hall–Kier alpha value is -1.69. The van der Waals surface area contributed by atoms with Gasteiger partial charge in [-0.25, -0.2) is 0 Å². The Morgan fingerprint density at radius 1 is 1.54 bits per heavy atom. The molecule has 1 rings (SSSR count). The van der Waals surface area contributed by atoms with E-state index in [9.17, 15) is 0 Å². The molecule has 0 aliphatic carbocycles. The van der Waals surface area contributed by atoms with Gasteiger partial charge in [-0.2, -0.15) is 5.26 Å². The second-order valence-electron chi connectivity index (χ2n) is 2.88. The van der Waals surface area contributed by atoms with Crippen molar-refractivity contribution in [1.82, 2.24) is 0 Å². The smallest absolute Gasteiger partial charge is 0.181 e. The molecule has 1 unspecified atom stereocenters. The number of rotatable bonds is 2. The molecule has 0 amide bonds. The lowest BCUT2D eigenvalue weighted by atomic mass is 10.2. The molecule has 0 spiro atoms. The molecule has 1 aromatic carbocycles. The molecule has 0 heterocycles. The van der Waals surface area contributed by atoms with E-state index < -0.39 is 6.10 Å². The summed E-state index contributed by atoms with van der Waals surface area (Å²) in [5, 5.41) is 8.54. The number of anilines is 1. The zero-order chi connectivity index (χ0) is 9.84. The standard InChI is InChI=1S/C10H12N2O/c1-7-4-3-5-9(10(7)12)13-8(2)6-11/h3-5,8H,12H2,1-2H3. The van der Waals surface area contributed by atoms with Crippen LogP contribution in [0.3, 0.4) is 0 Å². The van der Waals surface area contributed by atoms with Crippen molar-refractivity contribution < 1.29 is 4.74 Å². The average molecular weight is 176 g/mol. The molecule has 0 saturated carbocycles. The molecule has 0 aliphatic rings. The molecule has 13 heavy (non-hydrogen) atoms. The summed E-state index contributed by atoms with van der Waals surface area (Å²) < 4.78 is 5.29.